The van der Waals surface area contributed by atoms with E-state index in [0.717, 1.165) is 47.7 Å². The molecule has 3 aromatic rings. The molecular weight excluding hydrogens is 394 g/mol. The highest BCUT2D eigenvalue weighted by atomic mass is 35.5. The van der Waals surface area contributed by atoms with Crippen molar-refractivity contribution in [2.24, 2.45) is 0 Å². The molecule has 4 rings (SSSR count). The summed E-state index contributed by atoms with van der Waals surface area (Å²) in [5, 5.41) is 8.70. The van der Waals surface area contributed by atoms with Crippen molar-refractivity contribution >= 4 is 33.2 Å². The van der Waals surface area contributed by atoms with E-state index in [-0.39, 0.29) is 0 Å². The van der Waals surface area contributed by atoms with Crippen LogP contribution in [0.5, 0.6) is 11.5 Å². The van der Waals surface area contributed by atoms with Gasteiger partial charge < -0.3 is 20.1 Å². The largest absolute Gasteiger partial charge is 0.493 e. The molecule has 0 fully saturated rings. The molecule has 1 aromatic carbocycles. The van der Waals surface area contributed by atoms with Crippen LogP contribution in [0.3, 0.4) is 0 Å². The van der Waals surface area contributed by atoms with Crippen molar-refractivity contribution in [2.45, 2.75) is 26.4 Å². The van der Waals surface area contributed by atoms with Crippen molar-refractivity contribution in [3.05, 3.63) is 39.4 Å². The van der Waals surface area contributed by atoms with Gasteiger partial charge in [-0.15, -0.1) is 11.3 Å². The van der Waals surface area contributed by atoms with Gasteiger partial charge in [0.2, 0.25) is 0 Å². The minimum Gasteiger partial charge on any atom is -0.493 e. The highest BCUT2D eigenvalue weighted by molar-refractivity contribution is 7.19. The van der Waals surface area contributed by atoms with Gasteiger partial charge in [0.25, 0.3) is 0 Å². The van der Waals surface area contributed by atoms with Crippen LogP contribution in [0.15, 0.2) is 18.2 Å². The van der Waals surface area contributed by atoms with Crippen molar-refractivity contribution in [2.75, 3.05) is 27.3 Å². The minimum absolute atomic E-state index is 0.645. The SMILES string of the molecule is CCNCc1nc2sc3c(c2c(-c2ccc(OC)c(OC)c2)c1Cl)CCNC3. The zero-order valence-electron chi connectivity index (χ0n) is 16.3. The predicted octanol–water partition coefficient (Wildman–Crippen LogP) is 4.39. The van der Waals surface area contributed by atoms with Crippen molar-refractivity contribution < 1.29 is 9.47 Å². The zero-order chi connectivity index (χ0) is 19.7. The number of thiophene rings is 1. The molecule has 0 aliphatic carbocycles. The summed E-state index contributed by atoms with van der Waals surface area (Å²) in [7, 11) is 3.30. The number of benzene rings is 1. The van der Waals surface area contributed by atoms with Crippen LogP contribution < -0.4 is 20.1 Å². The van der Waals surface area contributed by atoms with Gasteiger partial charge in [-0.05, 0) is 42.8 Å². The third-order valence-electron chi connectivity index (χ3n) is 5.08. The van der Waals surface area contributed by atoms with Crippen LogP contribution in [0.1, 0.15) is 23.1 Å². The Morgan fingerprint density at radius 1 is 1.25 bits per heavy atom. The number of pyridine rings is 1. The Kier molecular flexibility index (Phi) is 5.73. The van der Waals surface area contributed by atoms with Gasteiger partial charge in [0, 0.05) is 28.9 Å². The van der Waals surface area contributed by atoms with E-state index in [2.05, 4.69) is 17.6 Å². The second-order valence-electron chi connectivity index (χ2n) is 6.71. The standard InChI is InChI=1S/C21H24ClN3O2S/c1-4-23-10-14-20(22)18(12-5-6-15(26-2)16(9-12)27-3)19-13-7-8-24-11-17(13)28-21(19)25-14/h5-6,9,23-24H,4,7-8,10-11H2,1-3H3. The maximum absolute atomic E-state index is 6.94. The van der Waals surface area contributed by atoms with Gasteiger partial charge in [-0.1, -0.05) is 24.6 Å². The fraction of sp³-hybridized carbons (Fsp3) is 0.381. The Balaban J connectivity index is 1.99. The van der Waals surface area contributed by atoms with Crippen LogP contribution in [0.4, 0.5) is 0 Å². The molecule has 2 aromatic heterocycles. The first kappa shape index (κ1) is 19.5. The molecule has 1 aliphatic rings. The van der Waals surface area contributed by atoms with E-state index in [1.165, 1.54) is 15.8 Å². The molecule has 0 spiro atoms. The number of ether oxygens (including phenoxy) is 2. The van der Waals surface area contributed by atoms with Gasteiger partial charge >= 0.3 is 0 Å². The van der Waals surface area contributed by atoms with Gasteiger partial charge in [-0.2, -0.15) is 0 Å². The molecule has 0 saturated carbocycles. The number of hydrogen-bond acceptors (Lipinski definition) is 6. The lowest BCUT2D eigenvalue weighted by Gasteiger charge is -2.17. The molecule has 7 heteroatoms. The Bertz CT molecular complexity index is 1020. The summed E-state index contributed by atoms with van der Waals surface area (Å²) < 4.78 is 10.9. The van der Waals surface area contributed by atoms with Crippen LogP contribution in [-0.2, 0) is 19.5 Å². The lowest BCUT2D eigenvalue weighted by Crippen LogP contribution is -2.22. The average molecular weight is 418 g/mol. The molecule has 0 bridgehead atoms. The van der Waals surface area contributed by atoms with Gasteiger partial charge in [0.15, 0.2) is 11.5 Å². The van der Waals surface area contributed by atoms with E-state index in [0.29, 0.717) is 23.1 Å². The van der Waals surface area contributed by atoms with E-state index < -0.39 is 0 Å². The molecule has 3 heterocycles. The summed E-state index contributed by atoms with van der Waals surface area (Å²) >= 11 is 8.71. The molecule has 0 atom stereocenters. The summed E-state index contributed by atoms with van der Waals surface area (Å²) in [6.07, 6.45) is 0.986. The highest BCUT2D eigenvalue weighted by Gasteiger charge is 2.24. The molecule has 148 valence electrons. The average Bonchev–Trinajstić information content (AvgIpc) is 3.09. The van der Waals surface area contributed by atoms with Gasteiger partial charge in [-0.25, -0.2) is 4.98 Å². The smallest absolute Gasteiger partial charge is 0.161 e. The lowest BCUT2D eigenvalue weighted by atomic mass is 9.96. The molecule has 0 radical (unpaired) electrons. The van der Waals surface area contributed by atoms with Crippen LogP contribution in [0.25, 0.3) is 21.3 Å². The molecular formula is C21H24ClN3O2S. The second-order valence-corrected chi connectivity index (χ2v) is 8.17. The van der Waals surface area contributed by atoms with E-state index in [9.17, 15) is 0 Å². The number of halogens is 1. The molecule has 2 N–H and O–H groups in total. The zero-order valence-corrected chi connectivity index (χ0v) is 17.9. The molecule has 0 amide bonds. The van der Waals surface area contributed by atoms with Crippen molar-refractivity contribution in [3.8, 4) is 22.6 Å². The molecule has 0 saturated heterocycles. The first-order chi connectivity index (χ1) is 13.7. The number of hydrogen-bond donors (Lipinski definition) is 2. The first-order valence-corrected chi connectivity index (χ1v) is 10.6. The predicted molar refractivity (Wildman–Crippen MR) is 116 cm³/mol. The Morgan fingerprint density at radius 2 is 2.07 bits per heavy atom. The van der Waals surface area contributed by atoms with Gasteiger partial charge in [-0.3, -0.25) is 0 Å². The second kappa shape index (κ2) is 8.25. The maximum atomic E-state index is 6.94. The lowest BCUT2D eigenvalue weighted by molar-refractivity contribution is 0.355. The van der Waals surface area contributed by atoms with E-state index in [1.807, 2.05) is 18.2 Å². The third kappa shape index (κ3) is 3.35. The number of aromatic nitrogens is 1. The third-order valence-corrected chi connectivity index (χ3v) is 6.62. The molecule has 5 nitrogen and oxygen atoms in total. The van der Waals surface area contributed by atoms with E-state index in [4.69, 9.17) is 26.1 Å². The number of fused-ring (bicyclic) bond motifs is 3. The van der Waals surface area contributed by atoms with Crippen molar-refractivity contribution in [1.82, 2.24) is 15.6 Å². The quantitative estimate of drug-likeness (QED) is 0.623. The van der Waals surface area contributed by atoms with E-state index >= 15 is 0 Å². The first-order valence-electron chi connectivity index (χ1n) is 9.44. The van der Waals surface area contributed by atoms with Crippen LogP contribution in [0.2, 0.25) is 5.02 Å². The monoisotopic (exact) mass is 417 g/mol. The summed E-state index contributed by atoms with van der Waals surface area (Å²) in [5.74, 6) is 1.40. The van der Waals surface area contributed by atoms with Crippen LogP contribution in [0, 0.1) is 0 Å². The fourth-order valence-corrected chi connectivity index (χ4v) is 5.24. The summed E-state index contributed by atoms with van der Waals surface area (Å²) in [6, 6.07) is 5.98. The highest BCUT2D eigenvalue weighted by Crippen LogP contribution is 2.45. The normalized spacial score (nSPS) is 13.6. The Labute approximate surface area is 174 Å². The summed E-state index contributed by atoms with van der Waals surface area (Å²) in [5.41, 5.74) is 4.31. The molecule has 0 unspecified atom stereocenters. The molecule has 28 heavy (non-hydrogen) atoms. The number of nitrogens with one attached hydrogen (secondary N) is 2. The van der Waals surface area contributed by atoms with Crippen LogP contribution in [-0.4, -0.2) is 32.3 Å². The number of methoxy groups -OCH3 is 2. The van der Waals surface area contributed by atoms with Crippen molar-refractivity contribution in [1.29, 1.82) is 0 Å². The number of nitrogens with zero attached hydrogens (tertiary/aromatic N) is 1. The Morgan fingerprint density at radius 3 is 2.82 bits per heavy atom. The van der Waals surface area contributed by atoms with Gasteiger partial charge in [0.1, 0.15) is 4.83 Å². The van der Waals surface area contributed by atoms with E-state index in [1.54, 1.807) is 25.6 Å². The topological polar surface area (TPSA) is 55.4 Å². The summed E-state index contributed by atoms with van der Waals surface area (Å²) in [4.78, 5) is 7.33. The Hall–Kier alpha value is -1.86. The maximum Gasteiger partial charge on any atom is 0.161 e. The van der Waals surface area contributed by atoms with Crippen LogP contribution >= 0.6 is 22.9 Å². The molecule has 1 aliphatic heterocycles. The summed E-state index contributed by atoms with van der Waals surface area (Å²) in [6.45, 7) is 5.46. The fourth-order valence-electron chi connectivity index (χ4n) is 3.71. The van der Waals surface area contributed by atoms with Crippen molar-refractivity contribution in [3.63, 3.8) is 0 Å². The minimum atomic E-state index is 0.645. The van der Waals surface area contributed by atoms with Gasteiger partial charge in [0.05, 0.1) is 24.9 Å². The number of rotatable bonds is 6.